The molecule has 0 spiro atoms. The van der Waals surface area contributed by atoms with Gasteiger partial charge < -0.3 is 14.6 Å². The second kappa shape index (κ2) is 7.57. The van der Waals surface area contributed by atoms with E-state index in [2.05, 4.69) is 28.0 Å². The first-order valence-electron chi connectivity index (χ1n) is 6.80. The summed E-state index contributed by atoms with van der Waals surface area (Å²) in [7, 11) is 0. The molecule has 0 aliphatic rings. The molecule has 1 atom stereocenters. The molecule has 114 valence electrons. The molecule has 20 heavy (non-hydrogen) atoms. The number of hydrogen-bond donors (Lipinski definition) is 1. The molecule has 1 heterocycles. The Hall–Kier alpha value is -1.17. The number of hydrogen-bond acceptors (Lipinski definition) is 4. The van der Waals surface area contributed by atoms with Crippen molar-refractivity contribution in [3.63, 3.8) is 0 Å². The number of imidazole rings is 1. The molecule has 1 aromatic heterocycles. The van der Waals surface area contributed by atoms with Crippen LogP contribution in [0.25, 0.3) is 0 Å². The maximum atomic E-state index is 11.5. The summed E-state index contributed by atoms with van der Waals surface area (Å²) in [5.74, 6) is 0. The average Bonchev–Trinajstić information content (AvgIpc) is 2.74. The predicted molar refractivity (Wildman–Crippen MR) is 83.1 cm³/mol. The number of amides is 1. The van der Waals surface area contributed by atoms with Crippen molar-refractivity contribution in [3.05, 3.63) is 18.2 Å². The normalized spacial score (nSPS) is 13.1. The standard InChI is InChI=1S/C14H25N3O2S/c1-11(20-5)9-17-10-15-8-12(17)6-7-16-13(18)19-14(2,3)4/h8,10-11H,6-7,9H2,1-5H3,(H,16,18). The van der Waals surface area contributed by atoms with Gasteiger partial charge in [-0.25, -0.2) is 9.78 Å². The van der Waals surface area contributed by atoms with E-state index < -0.39 is 5.60 Å². The Kier molecular flexibility index (Phi) is 6.39. The number of nitrogens with zero attached hydrogens (tertiary/aromatic N) is 2. The highest BCUT2D eigenvalue weighted by Gasteiger charge is 2.15. The van der Waals surface area contributed by atoms with Crippen LogP contribution < -0.4 is 5.32 Å². The minimum absolute atomic E-state index is 0.374. The summed E-state index contributed by atoms with van der Waals surface area (Å²) in [6, 6.07) is 0. The minimum Gasteiger partial charge on any atom is -0.444 e. The van der Waals surface area contributed by atoms with Crippen LogP contribution in [0.1, 0.15) is 33.4 Å². The molecule has 1 unspecified atom stereocenters. The van der Waals surface area contributed by atoms with E-state index >= 15 is 0 Å². The molecule has 0 saturated carbocycles. The van der Waals surface area contributed by atoms with Crippen molar-refractivity contribution in [2.45, 2.75) is 51.5 Å². The molecular weight excluding hydrogens is 274 g/mol. The summed E-state index contributed by atoms with van der Waals surface area (Å²) in [6.07, 6.45) is 6.17. The average molecular weight is 299 g/mol. The summed E-state index contributed by atoms with van der Waals surface area (Å²) < 4.78 is 7.33. The molecule has 0 bridgehead atoms. The van der Waals surface area contributed by atoms with Crippen LogP contribution in [0.15, 0.2) is 12.5 Å². The molecule has 0 aliphatic heterocycles. The minimum atomic E-state index is -0.459. The highest BCUT2D eigenvalue weighted by molar-refractivity contribution is 7.99. The molecule has 0 aliphatic carbocycles. The first-order valence-corrected chi connectivity index (χ1v) is 8.09. The quantitative estimate of drug-likeness (QED) is 0.877. The number of carbonyl (C=O) groups is 1. The van der Waals surface area contributed by atoms with E-state index in [0.29, 0.717) is 11.8 Å². The zero-order valence-electron chi connectivity index (χ0n) is 13.0. The number of alkyl carbamates (subject to hydrolysis) is 1. The van der Waals surface area contributed by atoms with Crippen molar-refractivity contribution in [1.82, 2.24) is 14.9 Å². The Morgan fingerprint density at radius 1 is 1.55 bits per heavy atom. The van der Waals surface area contributed by atoms with Crippen LogP contribution in [-0.2, 0) is 17.7 Å². The van der Waals surface area contributed by atoms with Gasteiger partial charge in [-0.15, -0.1) is 0 Å². The maximum absolute atomic E-state index is 11.5. The van der Waals surface area contributed by atoms with Gasteiger partial charge in [0.25, 0.3) is 0 Å². The van der Waals surface area contributed by atoms with Crippen LogP contribution in [0.4, 0.5) is 4.79 Å². The van der Waals surface area contributed by atoms with Crippen molar-refractivity contribution in [2.75, 3.05) is 12.8 Å². The molecule has 1 amide bonds. The summed E-state index contributed by atoms with van der Waals surface area (Å²) >= 11 is 1.83. The zero-order chi connectivity index (χ0) is 15.2. The fourth-order valence-corrected chi connectivity index (χ4v) is 1.99. The Morgan fingerprint density at radius 3 is 2.85 bits per heavy atom. The van der Waals surface area contributed by atoms with Crippen LogP contribution in [-0.4, -0.2) is 39.3 Å². The first kappa shape index (κ1) is 16.9. The highest BCUT2D eigenvalue weighted by atomic mass is 32.2. The molecular formula is C14H25N3O2S. The van der Waals surface area contributed by atoms with Crippen LogP contribution in [0.5, 0.6) is 0 Å². The van der Waals surface area contributed by atoms with Crippen molar-refractivity contribution < 1.29 is 9.53 Å². The lowest BCUT2D eigenvalue weighted by atomic mass is 10.2. The van der Waals surface area contributed by atoms with Gasteiger partial charge in [-0.1, -0.05) is 6.92 Å². The van der Waals surface area contributed by atoms with E-state index in [1.807, 2.05) is 45.1 Å². The Balaban J connectivity index is 2.39. The van der Waals surface area contributed by atoms with Gasteiger partial charge in [0.2, 0.25) is 0 Å². The Labute approximate surface area is 125 Å². The fraction of sp³-hybridized carbons (Fsp3) is 0.714. The zero-order valence-corrected chi connectivity index (χ0v) is 13.8. The van der Waals surface area contributed by atoms with E-state index in [9.17, 15) is 4.79 Å². The van der Waals surface area contributed by atoms with E-state index in [0.717, 1.165) is 18.7 Å². The summed E-state index contributed by atoms with van der Waals surface area (Å²) in [6.45, 7) is 9.23. The Bertz CT molecular complexity index is 426. The first-order chi connectivity index (χ1) is 9.31. The molecule has 6 heteroatoms. The van der Waals surface area contributed by atoms with Crippen LogP contribution >= 0.6 is 11.8 Å². The van der Waals surface area contributed by atoms with Gasteiger partial charge in [0.15, 0.2) is 0 Å². The van der Waals surface area contributed by atoms with Crippen LogP contribution in [0.2, 0.25) is 0 Å². The van der Waals surface area contributed by atoms with Crippen molar-refractivity contribution >= 4 is 17.9 Å². The predicted octanol–water partition coefficient (Wildman–Crippen LogP) is 2.70. The SMILES string of the molecule is CSC(C)Cn1cncc1CCNC(=O)OC(C)(C)C. The van der Waals surface area contributed by atoms with Crippen molar-refractivity contribution in [3.8, 4) is 0 Å². The molecule has 1 N–H and O–H groups in total. The van der Waals surface area contributed by atoms with Crippen LogP contribution in [0.3, 0.4) is 0 Å². The Morgan fingerprint density at radius 2 is 2.25 bits per heavy atom. The van der Waals surface area contributed by atoms with Gasteiger partial charge in [0.1, 0.15) is 5.60 Å². The van der Waals surface area contributed by atoms with E-state index in [1.165, 1.54) is 0 Å². The monoisotopic (exact) mass is 299 g/mol. The smallest absolute Gasteiger partial charge is 0.407 e. The number of carbonyl (C=O) groups excluding carboxylic acids is 1. The lowest BCUT2D eigenvalue weighted by Crippen LogP contribution is -2.33. The number of nitrogens with one attached hydrogen (secondary N) is 1. The number of aromatic nitrogens is 2. The topological polar surface area (TPSA) is 56.2 Å². The molecule has 0 saturated heterocycles. The number of thioether (sulfide) groups is 1. The summed E-state index contributed by atoms with van der Waals surface area (Å²) in [5.41, 5.74) is 0.668. The number of ether oxygens (including phenoxy) is 1. The highest BCUT2D eigenvalue weighted by Crippen LogP contribution is 2.10. The third-order valence-corrected chi connectivity index (χ3v) is 3.66. The summed E-state index contributed by atoms with van der Waals surface area (Å²) in [5, 5.41) is 3.31. The molecule has 0 fully saturated rings. The van der Waals surface area contributed by atoms with Gasteiger partial charge >= 0.3 is 6.09 Å². The van der Waals surface area contributed by atoms with Gasteiger partial charge in [0.05, 0.1) is 6.33 Å². The summed E-state index contributed by atoms with van der Waals surface area (Å²) in [4.78, 5) is 15.7. The van der Waals surface area contributed by atoms with Crippen molar-refractivity contribution in [2.24, 2.45) is 0 Å². The maximum Gasteiger partial charge on any atom is 0.407 e. The fourth-order valence-electron chi connectivity index (χ4n) is 1.68. The third-order valence-electron chi connectivity index (χ3n) is 2.70. The van der Waals surface area contributed by atoms with E-state index in [4.69, 9.17) is 4.74 Å². The third kappa shape index (κ3) is 6.32. The van der Waals surface area contributed by atoms with Gasteiger partial charge in [-0.05, 0) is 27.0 Å². The largest absolute Gasteiger partial charge is 0.444 e. The second-order valence-electron chi connectivity index (χ2n) is 5.76. The van der Waals surface area contributed by atoms with Crippen molar-refractivity contribution in [1.29, 1.82) is 0 Å². The van der Waals surface area contributed by atoms with Crippen LogP contribution in [0, 0.1) is 0 Å². The lowest BCUT2D eigenvalue weighted by Gasteiger charge is -2.19. The van der Waals surface area contributed by atoms with E-state index in [-0.39, 0.29) is 6.09 Å². The lowest BCUT2D eigenvalue weighted by molar-refractivity contribution is 0.0528. The number of rotatable bonds is 6. The molecule has 5 nitrogen and oxygen atoms in total. The molecule has 0 aromatic carbocycles. The van der Waals surface area contributed by atoms with Gasteiger partial charge in [0, 0.05) is 36.7 Å². The molecule has 1 aromatic rings. The molecule has 1 rings (SSSR count). The van der Waals surface area contributed by atoms with Gasteiger partial charge in [-0.2, -0.15) is 11.8 Å². The van der Waals surface area contributed by atoms with Gasteiger partial charge in [-0.3, -0.25) is 0 Å². The second-order valence-corrected chi connectivity index (χ2v) is 7.04. The van der Waals surface area contributed by atoms with E-state index in [1.54, 1.807) is 0 Å². The molecule has 0 radical (unpaired) electrons.